The Balaban J connectivity index is 2.22. The van der Waals surface area contributed by atoms with Gasteiger partial charge in [0.15, 0.2) is 0 Å². The summed E-state index contributed by atoms with van der Waals surface area (Å²) in [7, 11) is 0. The minimum Gasteiger partial charge on any atom is -0.352 e. The van der Waals surface area contributed by atoms with Crippen molar-refractivity contribution in [2.24, 2.45) is 11.7 Å². The van der Waals surface area contributed by atoms with Crippen LogP contribution in [0.4, 0.5) is 0 Å². The van der Waals surface area contributed by atoms with Gasteiger partial charge in [-0.25, -0.2) is 0 Å². The van der Waals surface area contributed by atoms with Crippen molar-refractivity contribution in [3.63, 3.8) is 0 Å². The Morgan fingerprint density at radius 2 is 2.21 bits per heavy atom. The van der Waals surface area contributed by atoms with Crippen LogP contribution < -0.4 is 11.1 Å². The summed E-state index contributed by atoms with van der Waals surface area (Å²) < 4.78 is 0. The van der Waals surface area contributed by atoms with Crippen LogP contribution in [0.3, 0.4) is 0 Å². The molecule has 4 nitrogen and oxygen atoms in total. The first-order valence-corrected chi connectivity index (χ1v) is 7.91. The number of hydrogen-bond acceptors (Lipinski definition) is 3. The summed E-state index contributed by atoms with van der Waals surface area (Å²) in [6.07, 6.45) is 6.12. The first kappa shape index (κ1) is 16.4. The van der Waals surface area contributed by atoms with Crippen molar-refractivity contribution in [2.75, 3.05) is 26.2 Å². The molecule has 112 valence electrons. The van der Waals surface area contributed by atoms with Crippen LogP contribution in [0.5, 0.6) is 0 Å². The fraction of sp³-hybridized carbons (Fsp3) is 0.933. The third-order valence-electron chi connectivity index (χ3n) is 4.25. The lowest BCUT2D eigenvalue weighted by atomic mass is 9.96. The van der Waals surface area contributed by atoms with Crippen molar-refractivity contribution < 1.29 is 4.79 Å². The average Bonchev–Trinajstić information content (AvgIpc) is 2.43. The van der Waals surface area contributed by atoms with Gasteiger partial charge in [-0.3, -0.25) is 4.79 Å². The Kier molecular flexibility index (Phi) is 8.07. The summed E-state index contributed by atoms with van der Waals surface area (Å²) in [5.74, 6) is 0.827. The fourth-order valence-electron chi connectivity index (χ4n) is 2.88. The van der Waals surface area contributed by atoms with E-state index in [1.807, 2.05) is 0 Å². The molecule has 1 heterocycles. The van der Waals surface area contributed by atoms with Crippen molar-refractivity contribution in [3.8, 4) is 0 Å². The molecule has 0 bridgehead atoms. The molecule has 0 radical (unpaired) electrons. The number of likely N-dealkylation sites (N-methyl/N-ethyl adjacent to an activating group) is 1. The Morgan fingerprint density at radius 1 is 1.42 bits per heavy atom. The van der Waals surface area contributed by atoms with Crippen LogP contribution in [-0.4, -0.2) is 43.0 Å². The molecule has 0 spiro atoms. The smallest absolute Gasteiger partial charge is 0.220 e. The van der Waals surface area contributed by atoms with Gasteiger partial charge < -0.3 is 16.0 Å². The number of amides is 1. The summed E-state index contributed by atoms with van der Waals surface area (Å²) in [4.78, 5) is 14.4. The van der Waals surface area contributed by atoms with Crippen molar-refractivity contribution >= 4 is 5.91 Å². The van der Waals surface area contributed by atoms with Crippen LogP contribution in [-0.2, 0) is 4.79 Å². The van der Waals surface area contributed by atoms with E-state index in [2.05, 4.69) is 24.1 Å². The van der Waals surface area contributed by atoms with E-state index < -0.39 is 0 Å². The lowest BCUT2D eigenvalue weighted by Crippen LogP contribution is -2.47. The first-order chi connectivity index (χ1) is 9.19. The third-order valence-corrected chi connectivity index (χ3v) is 4.25. The summed E-state index contributed by atoms with van der Waals surface area (Å²) in [5, 5.41) is 3.19. The Morgan fingerprint density at radius 3 is 2.84 bits per heavy atom. The highest BCUT2D eigenvalue weighted by atomic mass is 16.1. The van der Waals surface area contributed by atoms with E-state index >= 15 is 0 Å². The highest BCUT2D eigenvalue weighted by Gasteiger charge is 2.20. The van der Waals surface area contributed by atoms with E-state index in [4.69, 9.17) is 5.73 Å². The first-order valence-electron chi connectivity index (χ1n) is 7.91. The fourth-order valence-corrected chi connectivity index (χ4v) is 2.88. The predicted octanol–water partition coefficient (Wildman–Crippen LogP) is 1.74. The number of nitrogens with two attached hydrogens (primary N) is 1. The second-order valence-corrected chi connectivity index (χ2v) is 5.69. The molecule has 0 aliphatic carbocycles. The van der Waals surface area contributed by atoms with Crippen LogP contribution >= 0.6 is 0 Å². The zero-order valence-electron chi connectivity index (χ0n) is 12.7. The van der Waals surface area contributed by atoms with Crippen LogP contribution in [0, 0.1) is 5.92 Å². The summed E-state index contributed by atoms with van der Waals surface area (Å²) in [5.41, 5.74) is 5.59. The summed E-state index contributed by atoms with van der Waals surface area (Å²) in [6.45, 7) is 8.37. The highest BCUT2D eigenvalue weighted by molar-refractivity contribution is 5.76. The van der Waals surface area contributed by atoms with Gasteiger partial charge in [0.05, 0.1) is 0 Å². The van der Waals surface area contributed by atoms with Crippen molar-refractivity contribution in [2.45, 2.75) is 58.4 Å². The number of carbonyl (C=O) groups excluding carboxylic acids is 1. The van der Waals surface area contributed by atoms with Gasteiger partial charge in [0.1, 0.15) is 0 Å². The zero-order valence-corrected chi connectivity index (χ0v) is 12.7. The van der Waals surface area contributed by atoms with Gasteiger partial charge in [0, 0.05) is 19.0 Å². The van der Waals surface area contributed by atoms with E-state index in [-0.39, 0.29) is 5.91 Å². The van der Waals surface area contributed by atoms with Gasteiger partial charge >= 0.3 is 0 Å². The summed E-state index contributed by atoms with van der Waals surface area (Å²) >= 11 is 0. The molecular formula is C15H31N3O. The molecular weight excluding hydrogens is 238 g/mol. The molecule has 1 aliphatic rings. The van der Waals surface area contributed by atoms with E-state index in [0.717, 1.165) is 45.3 Å². The quantitative estimate of drug-likeness (QED) is 0.706. The summed E-state index contributed by atoms with van der Waals surface area (Å²) in [6, 6.07) is 0.357. The van der Waals surface area contributed by atoms with Gasteiger partial charge in [0.25, 0.3) is 0 Å². The Labute approximate surface area is 118 Å². The Hall–Kier alpha value is -0.610. The van der Waals surface area contributed by atoms with E-state index in [1.165, 1.54) is 13.0 Å². The molecule has 3 N–H and O–H groups in total. The molecule has 1 rings (SSSR count). The van der Waals surface area contributed by atoms with Gasteiger partial charge in [-0.05, 0) is 51.2 Å². The Bertz CT molecular complexity index is 258. The molecule has 1 aliphatic heterocycles. The number of rotatable bonds is 8. The lowest BCUT2D eigenvalue weighted by Gasteiger charge is -2.32. The molecule has 1 fully saturated rings. The van der Waals surface area contributed by atoms with Gasteiger partial charge in [0.2, 0.25) is 5.91 Å². The maximum Gasteiger partial charge on any atom is 0.220 e. The molecule has 4 heteroatoms. The number of hydrogen-bond donors (Lipinski definition) is 2. The lowest BCUT2D eigenvalue weighted by molar-refractivity contribution is -0.122. The normalized spacial score (nSPS) is 22.2. The standard InChI is InChI=1S/C15H31N3O/c1-3-13(9-10-16)7-8-15(19)17-14-6-5-11-18(4-2)12-14/h13-14H,3-12,16H2,1-2H3,(H,17,19). The topological polar surface area (TPSA) is 58.4 Å². The van der Waals surface area contributed by atoms with Crippen molar-refractivity contribution in [3.05, 3.63) is 0 Å². The monoisotopic (exact) mass is 269 g/mol. The molecule has 0 saturated carbocycles. The molecule has 1 saturated heterocycles. The highest BCUT2D eigenvalue weighted by Crippen LogP contribution is 2.15. The van der Waals surface area contributed by atoms with Crippen LogP contribution in [0.1, 0.15) is 52.4 Å². The van der Waals surface area contributed by atoms with E-state index in [0.29, 0.717) is 18.4 Å². The van der Waals surface area contributed by atoms with Gasteiger partial charge in [-0.15, -0.1) is 0 Å². The minimum absolute atomic E-state index is 0.221. The number of piperidine rings is 1. The predicted molar refractivity (Wildman–Crippen MR) is 80.0 cm³/mol. The number of likely N-dealkylation sites (tertiary alicyclic amines) is 1. The van der Waals surface area contributed by atoms with Crippen molar-refractivity contribution in [1.82, 2.24) is 10.2 Å². The number of nitrogens with zero attached hydrogens (tertiary/aromatic N) is 1. The minimum atomic E-state index is 0.221. The molecule has 1 amide bonds. The van der Waals surface area contributed by atoms with Gasteiger partial charge in [-0.2, -0.15) is 0 Å². The van der Waals surface area contributed by atoms with Gasteiger partial charge in [-0.1, -0.05) is 20.3 Å². The zero-order chi connectivity index (χ0) is 14.1. The van der Waals surface area contributed by atoms with Crippen LogP contribution in [0.15, 0.2) is 0 Å². The second-order valence-electron chi connectivity index (χ2n) is 5.69. The molecule has 0 aromatic carbocycles. The average molecular weight is 269 g/mol. The third kappa shape index (κ3) is 6.39. The molecule has 2 atom stereocenters. The number of carbonyl (C=O) groups is 1. The molecule has 0 aromatic heterocycles. The second kappa shape index (κ2) is 9.32. The number of nitrogens with one attached hydrogen (secondary N) is 1. The maximum atomic E-state index is 12.0. The van der Waals surface area contributed by atoms with E-state index in [9.17, 15) is 4.79 Å². The molecule has 0 aromatic rings. The SMILES string of the molecule is CCC(CCN)CCC(=O)NC1CCCN(CC)C1. The molecule has 2 unspecified atom stereocenters. The largest absolute Gasteiger partial charge is 0.352 e. The van der Waals surface area contributed by atoms with Crippen LogP contribution in [0.2, 0.25) is 0 Å². The maximum absolute atomic E-state index is 12.0. The van der Waals surface area contributed by atoms with E-state index in [1.54, 1.807) is 0 Å². The molecule has 19 heavy (non-hydrogen) atoms. The van der Waals surface area contributed by atoms with Crippen molar-refractivity contribution in [1.29, 1.82) is 0 Å². The van der Waals surface area contributed by atoms with Crippen LogP contribution in [0.25, 0.3) is 0 Å².